The zero-order chi connectivity index (χ0) is 11.8. The summed E-state index contributed by atoms with van der Waals surface area (Å²) in [6, 6.07) is 8.08. The van der Waals surface area contributed by atoms with E-state index in [1.54, 1.807) is 4.90 Å². The molecule has 1 aliphatic rings. The zero-order valence-electron chi connectivity index (χ0n) is 9.66. The van der Waals surface area contributed by atoms with Crippen molar-refractivity contribution in [3.8, 4) is 0 Å². The Morgan fingerprint density at radius 3 is 2.50 bits per heavy atom. The third-order valence-electron chi connectivity index (χ3n) is 3.44. The minimum absolute atomic E-state index is 0.0228. The maximum Gasteiger partial charge on any atom is 0.318 e. The second-order valence-electron chi connectivity index (χ2n) is 4.39. The first-order valence-electron chi connectivity index (χ1n) is 5.39. The molecule has 1 aliphatic heterocycles. The van der Waals surface area contributed by atoms with Crippen LogP contribution in [0.25, 0.3) is 0 Å². The molecule has 1 aromatic rings. The molecular formula is C12H17N3O. The Labute approximate surface area is 95.4 Å². The Balaban J connectivity index is 2.32. The van der Waals surface area contributed by atoms with Crippen LogP contribution in [0.2, 0.25) is 0 Å². The molecule has 2 rings (SSSR count). The monoisotopic (exact) mass is 219 g/mol. The van der Waals surface area contributed by atoms with Crippen LogP contribution >= 0.6 is 0 Å². The van der Waals surface area contributed by atoms with Crippen molar-refractivity contribution in [2.24, 2.45) is 5.73 Å². The van der Waals surface area contributed by atoms with Crippen molar-refractivity contribution >= 4 is 6.03 Å². The molecule has 0 radical (unpaired) electrons. The molecule has 16 heavy (non-hydrogen) atoms. The first kappa shape index (κ1) is 11.0. The first-order valence-corrected chi connectivity index (χ1v) is 5.39. The number of nitrogens with one attached hydrogen (secondary N) is 1. The summed E-state index contributed by atoms with van der Waals surface area (Å²) in [5.74, 6) is 0. The van der Waals surface area contributed by atoms with Crippen LogP contribution in [0, 0.1) is 0 Å². The van der Waals surface area contributed by atoms with Crippen molar-refractivity contribution in [2.45, 2.75) is 19.0 Å². The van der Waals surface area contributed by atoms with Gasteiger partial charge in [-0.2, -0.15) is 0 Å². The SMILES string of the molecule is CN1C(=O)NCC1(C)c1ccc(CN)cc1. The molecule has 0 bridgehead atoms. The number of likely N-dealkylation sites (N-methyl/N-ethyl adjacent to an activating group) is 1. The summed E-state index contributed by atoms with van der Waals surface area (Å²) in [5.41, 5.74) is 7.53. The number of urea groups is 1. The second kappa shape index (κ2) is 3.79. The van der Waals surface area contributed by atoms with E-state index in [4.69, 9.17) is 5.73 Å². The van der Waals surface area contributed by atoms with Gasteiger partial charge in [0.1, 0.15) is 0 Å². The number of carbonyl (C=O) groups excluding carboxylic acids is 1. The molecule has 0 aromatic heterocycles. The molecule has 1 aromatic carbocycles. The molecule has 0 aliphatic carbocycles. The molecule has 4 heteroatoms. The van der Waals surface area contributed by atoms with Crippen molar-refractivity contribution in [2.75, 3.05) is 13.6 Å². The van der Waals surface area contributed by atoms with Gasteiger partial charge in [0.15, 0.2) is 0 Å². The lowest BCUT2D eigenvalue weighted by atomic mass is 9.91. The van der Waals surface area contributed by atoms with E-state index in [1.807, 2.05) is 31.3 Å². The normalized spacial score (nSPS) is 24.7. The molecule has 1 unspecified atom stereocenters. The molecule has 4 nitrogen and oxygen atoms in total. The topological polar surface area (TPSA) is 58.4 Å². The maximum absolute atomic E-state index is 11.5. The van der Waals surface area contributed by atoms with Crippen molar-refractivity contribution < 1.29 is 4.79 Å². The number of nitrogens with zero attached hydrogens (tertiary/aromatic N) is 1. The zero-order valence-corrected chi connectivity index (χ0v) is 9.66. The smallest absolute Gasteiger partial charge is 0.318 e. The Bertz CT molecular complexity index is 401. The Morgan fingerprint density at radius 1 is 1.44 bits per heavy atom. The van der Waals surface area contributed by atoms with Crippen LogP contribution < -0.4 is 11.1 Å². The summed E-state index contributed by atoms with van der Waals surface area (Å²) in [6.07, 6.45) is 0. The van der Waals surface area contributed by atoms with Gasteiger partial charge >= 0.3 is 6.03 Å². The van der Waals surface area contributed by atoms with E-state index >= 15 is 0 Å². The molecule has 2 amide bonds. The standard InChI is InChI=1S/C12H17N3O/c1-12(8-14-11(16)15(12)2)10-5-3-9(7-13)4-6-10/h3-6H,7-8,13H2,1-2H3,(H,14,16). The van der Waals surface area contributed by atoms with Crippen molar-refractivity contribution in [1.82, 2.24) is 10.2 Å². The largest absolute Gasteiger partial charge is 0.335 e. The highest BCUT2D eigenvalue weighted by molar-refractivity contribution is 5.77. The first-order chi connectivity index (χ1) is 7.58. The van der Waals surface area contributed by atoms with Gasteiger partial charge in [-0.15, -0.1) is 0 Å². The Morgan fingerprint density at radius 2 is 2.06 bits per heavy atom. The lowest BCUT2D eigenvalue weighted by molar-refractivity contribution is 0.189. The fraction of sp³-hybridized carbons (Fsp3) is 0.417. The van der Waals surface area contributed by atoms with Crippen molar-refractivity contribution in [1.29, 1.82) is 0 Å². The van der Waals surface area contributed by atoms with Crippen LogP contribution in [0.4, 0.5) is 4.79 Å². The Kier molecular flexibility index (Phi) is 2.59. The molecule has 1 atom stereocenters. The van der Waals surface area contributed by atoms with Gasteiger partial charge in [0.05, 0.1) is 5.54 Å². The van der Waals surface area contributed by atoms with E-state index < -0.39 is 0 Å². The third-order valence-corrected chi connectivity index (χ3v) is 3.44. The average Bonchev–Trinajstić information content (AvgIpc) is 2.59. The highest BCUT2D eigenvalue weighted by atomic mass is 16.2. The number of benzene rings is 1. The number of hydrogen-bond donors (Lipinski definition) is 2. The molecule has 1 saturated heterocycles. The van der Waals surface area contributed by atoms with Gasteiger partial charge in [-0.25, -0.2) is 4.79 Å². The quantitative estimate of drug-likeness (QED) is 0.780. The van der Waals surface area contributed by atoms with Gasteiger partial charge in [0.25, 0.3) is 0 Å². The minimum Gasteiger partial charge on any atom is -0.335 e. The molecule has 3 N–H and O–H groups in total. The number of amides is 2. The van der Waals surface area contributed by atoms with Gasteiger partial charge in [0, 0.05) is 20.1 Å². The maximum atomic E-state index is 11.5. The third kappa shape index (κ3) is 1.55. The average molecular weight is 219 g/mol. The number of nitrogens with two attached hydrogens (primary N) is 1. The molecule has 0 spiro atoms. The van der Waals surface area contributed by atoms with Gasteiger partial charge in [-0.05, 0) is 18.1 Å². The molecule has 1 heterocycles. The van der Waals surface area contributed by atoms with Crippen LogP contribution in [0.1, 0.15) is 18.1 Å². The summed E-state index contributed by atoms with van der Waals surface area (Å²) in [5, 5.41) is 2.85. The minimum atomic E-state index is -0.260. The number of carbonyl (C=O) groups is 1. The fourth-order valence-electron chi connectivity index (χ4n) is 2.00. The molecule has 86 valence electrons. The van der Waals surface area contributed by atoms with Gasteiger partial charge in [0.2, 0.25) is 0 Å². The number of rotatable bonds is 2. The fourth-order valence-corrected chi connectivity index (χ4v) is 2.00. The summed E-state index contributed by atoms with van der Waals surface area (Å²) in [7, 11) is 1.82. The summed E-state index contributed by atoms with van der Waals surface area (Å²) in [4.78, 5) is 13.2. The number of hydrogen-bond acceptors (Lipinski definition) is 2. The van der Waals surface area contributed by atoms with Crippen LogP contribution in [0.5, 0.6) is 0 Å². The van der Waals surface area contributed by atoms with E-state index in [-0.39, 0.29) is 11.6 Å². The van der Waals surface area contributed by atoms with E-state index in [1.165, 1.54) is 0 Å². The van der Waals surface area contributed by atoms with E-state index in [9.17, 15) is 4.79 Å². The predicted molar refractivity (Wildman–Crippen MR) is 62.8 cm³/mol. The van der Waals surface area contributed by atoms with Gasteiger partial charge in [-0.1, -0.05) is 24.3 Å². The Hall–Kier alpha value is -1.55. The van der Waals surface area contributed by atoms with Crippen molar-refractivity contribution in [3.05, 3.63) is 35.4 Å². The van der Waals surface area contributed by atoms with Crippen molar-refractivity contribution in [3.63, 3.8) is 0 Å². The van der Waals surface area contributed by atoms with Crippen LogP contribution in [-0.2, 0) is 12.1 Å². The summed E-state index contributed by atoms with van der Waals surface area (Å²) in [6.45, 7) is 3.25. The highest BCUT2D eigenvalue weighted by Gasteiger charge is 2.40. The molecule has 0 saturated carbocycles. The van der Waals surface area contributed by atoms with Gasteiger partial charge in [-0.3, -0.25) is 0 Å². The van der Waals surface area contributed by atoms with E-state index in [2.05, 4.69) is 12.2 Å². The van der Waals surface area contributed by atoms with E-state index in [0.717, 1.165) is 11.1 Å². The molecular weight excluding hydrogens is 202 g/mol. The second-order valence-corrected chi connectivity index (χ2v) is 4.39. The van der Waals surface area contributed by atoms with Crippen LogP contribution in [-0.4, -0.2) is 24.5 Å². The van der Waals surface area contributed by atoms with E-state index in [0.29, 0.717) is 13.1 Å². The van der Waals surface area contributed by atoms with Gasteiger partial charge < -0.3 is 16.0 Å². The lowest BCUT2D eigenvalue weighted by Crippen LogP contribution is -2.39. The molecule has 1 fully saturated rings. The lowest BCUT2D eigenvalue weighted by Gasteiger charge is -2.31. The van der Waals surface area contributed by atoms with Crippen LogP contribution in [0.15, 0.2) is 24.3 Å². The predicted octanol–water partition coefficient (Wildman–Crippen LogP) is 1.02. The summed E-state index contributed by atoms with van der Waals surface area (Å²) >= 11 is 0. The summed E-state index contributed by atoms with van der Waals surface area (Å²) < 4.78 is 0. The highest BCUT2D eigenvalue weighted by Crippen LogP contribution is 2.30. The van der Waals surface area contributed by atoms with Crippen LogP contribution in [0.3, 0.4) is 0 Å².